The molecule has 0 saturated heterocycles. The SMILES string of the molecule is CCOc1cccc2c1ccn2OC(=O)c1cc2c(OC)cccc2[nH]1. The lowest BCUT2D eigenvalue weighted by Gasteiger charge is -2.07. The molecule has 1 N–H and O–H groups in total. The first-order chi connectivity index (χ1) is 12.7. The second-order valence-corrected chi connectivity index (χ2v) is 5.75. The number of fused-ring (bicyclic) bond motifs is 2. The van der Waals surface area contributed by atoms with Gasteiger partial charge in [0, 0.05) is 22.5 Å². The lowest BCUT2D eigenvalue weighted by Crippen LogP contribution is -2.19. The van der Waals surface area contributed by atoms with Crippen LogP contribution < -0.4 is 14.3 Å². The van der Waals surface area contributed by atoms with E-state index in [0.29, 0.717) is 18.1 Å². The molecule has 0 amide bonds. The van der Waals surface area contributed by atoms with Crippen LogP contribution in [-0.2, 0) is 0 Å². The number of ether oxygens (including phenoxy) is 2. The lowest BCUT2D eigenvalue weighted by atomic mass is 10.2. The van der Waals surface area contributed by atoms with Crippen molar-refractivity contribution in [2.45, 2.75) is 6.92 Å². The maximum Gasteiger partial charge on any atom is 0.379 e. The molecule has 0 spiro atoms. The van der Waals surface area contributed by atoms with E-state index in [1.807, 2.05) is 49.4 Å². The van der Waals surface area contributed by atoms with Crippen LogP contribution in [0.5, 0.6) is 11.5 Å². The predicted octanol–water partition coefficient (Wildman–Crippen LogP) is 3.80. The van der Waals surface area contributed by atoms with Gasteiger partial charge in [-0.3, -0.25) is 0 Å². The van der Waals surface area contributed by atoms with Crippen LogP contribution in [0.4, 0.5) is 0 Å². The molecule has 0 bridgehead atoms. The number of aromatic nitrogens is 2. The summed E-state index contributed by atoms with van der Waals surface area (Å²) in [5, 5.41) is 1.72. The molecule has 2 aromatic heterocycles. The van der Waals surface area contributed by atoms with Gasteiger partial charge in [-0.25, -0.2) is 4.79 Å². The number of nitrogens with one attached hydrogen (secondary N) is 1. The van der Waals surface area contributed by atoms with Crippen LogP contribution in [0.1, 0.15) is 17.4 Å². The lowest BCUT2D eigenvalue weighted by molar-refractivity contribution is 0.0477. The quantitative estimate of drug-likeness (QED) is 0.595. The first kappa shape index (κ1) is 16.1. The van der Waals surface area contributed by atoms with Crippen molar-refractivity contribution in [1.29, 1.82) is 0 Å². The number of carbonyl (C=O) groups is 1. The Hall–Kier alpha value is -3.41. The molecule has 0 saturated carbocycles. The standard InChI is InChI=1S/C20H18N2O4/c1-3-25-19-9-5-7-17-13(19)10-11-22(17)26-20(23)16-12-14-15(21-16)6-4-8-18(14)24-2/h4-12,21H,3H2,1-2H3. The van der Waals surface area contributed by atoms with Gasteiger partial charge >= 0.3 is 5.97 Å². The van der Waals surface area contributed by atoms with E-state index in [1.54, 1.807) is 19.4 Å². The Morgan fingerprint density at radius 2 is 1.88 bits per heavy atom. The molecule has 132 valence electrons. The number of benzene rings is 2. The molecular formula is C20H18N2O4. The normalized spacial score (nSPS) is 11.0. The van der Waals surface area contributed by atoms with Crippen molar-refractivity contribution in [3.63, 3.8) is 0 Å². The summed E-state index contributed by atoms with van der Waals surface area (Å²) in [4.78, 5) is 21.2. The van der Waals surface area contributed by atoms with E-state index in [9.17, 15) is 4.79 Å². The Morgan fingerprint density at radius 1 is 1.08 bits per heavy atom. The first-order valence-electron chi connectivity index (χ1n) is 8.32. The van der Waals surface area contributed by atoms with Gasteiger partial charge in [-0.05, 0) is 43.3 Å². The number of hydrogen-bond acceptors (Lipinski definition) is 4. The molecule has 6 nitrogen and oxygen atoms in total. The molecule has 4 rings (SSSR count). The molecule has 0 unspecified atom stereocenters. The fourth-order valence-electron chi connectivity index (χ4n) is 3.03. The molecule has 2 heterocycles. The Morgan fingerprint density at radius 3 is 2.69 bits per heavy atom. The fourth-order valence-corrected chi connectivity index (χ4v) is 3.03. The van der Waals surface area contributed by atoms with Crippen LogP contribution in [-0.4, -0.2) is 29.4 Å². The van der Waals surface area contributed by atoms with Crippen LogP contribution in [0, 0.1) is 0 Å². The van der Waals surface area contributed by atoms with Gasteiger partial charge in [0.2, 0.25) is 0 Å². The van der Waals surface area contributed by atoms with Gasteiger partial charge in [0.15, 0.2) is 0 Å². The highest BCUT2D eigenvalue weighted by Crippen LogP contribution is 2.28. The fraction of sp³-hybridized carbons (Fsp3) is 0.150. The molecule has 0 aliphatic carbocycles. The Labute approximate surface area is 149 Å². The molecule has 26 heavy (non-hydrogen) atoms. The number of nitrogens with zero attached hydrogens (tertiary/aromatic N) is 1. The summed E-state index contributed by atoms with van der Waals surface area (Å²) in [6.07, 6.45) is 1.70. The van der Waals surface area contributed by atoms with Gasteiger partial charge in [-0.1, -0.05) is 12.1 Å². The number of aromatic amines is 1. The molecule has 2 aromatic carbocycles. The topological polar surface area (TPSA) is 65.5 Å². The Kier molecular flexibility index (Phi) is 4.01. The molecule has 0 aliphatic rings. The zero-order chi connectivity index (χ0) is 18.1. The van der Waals surface area contributed by atoms with Gasteiger partial charge in [-0.2, -0.15) is 4.73 Å². The van der Waals surface area contributed by atoms with E-state index in [-0.39, 0.29) is 0 Å². The van der Waals surface area contributed by atoms with Crippen LogP contribution in [0.3, 0.4) is 0 Å². The van der Waals surface area contributed by atoms with Gasteiger partial charge in [0.25, 0.3) is 0 Å². The average Bonchev–Trinajstić information content (AvgIpc) is 3.27. The highest BCUT2D eigenvalue weighted by Gasteiger charge is 2.16. The number of carbonyl (C=O) groups excluding carboxylic acids is 1. The minimum atomic E-state index is -0.484. The van der Waals surface area contributed by atoms with Crippen molar-refractivity contribution in [2.75, 3.05) is 13.7 Å². The minimum Gasteiger partial charge on any atom is -0.496 e. The molecule has 0 fully saturated rings. The van der Waals surface area contributed by atoms with E-state index in [4.69, 9.17) is 14.3 Å². The Balaban J connectivity index is 1.66. The van der Waals surface area contributed by atoms with Crippen molar-refractivity contribution in [3.05, 3.63) is 60.4 Å². The van der Waals surface area contributed by atoms with E-state index < -0.39 is 5.97 Å². The van der Waals surface area contributed by atoms with Gasteiger partial charge in [0.1, 0.15) is 17.2 Å². The minimum absolute atomic E-state index is 0.354. The van der Waals surface area contributed by atoms with Gasteiger partial charge < -0.3 is 19.3 Å². The number of methoxy groups -OCH3 is 1. The third-order valence-electron chi connectivity index (χ3n) is 4.20. The maximum atomic E-state index is 12.6. The highest BCUT2D eigenvalue weighted by molar-refractivity contribution is 5.97. The highest BCUT2D eigenvalue weighted by atomic mass is 16.7. The third-order valence-corrected chi connectivity index (χ3v) is 4.20. The number of hydrogen-bond donors (Lipinski definition) is 1. The average molecular weight is 350 g/mol. The van der Waals surface area contributed by atoms with Crippen LogP contribution in [0.2, 0.25) is 0 Å². The molecule has 0 radical (unpaired) electrons. The monoisotopic (exact) mass is 350 g/mol. The second-order valence-electron chi connectivity index (χ2n) is 5.75. The van der Waals surface area contributed by atoms with E-state index >= 15 is 0 Å². The summed E-state index contributed by atoms with van der Waals surface area (Å²) >= 11 is 0. The summed E-state index contributed by atoms with van der Waals surface area (Å²) in [7, 11) is 1.60. The van der Waals surface area contributed by atoms with Crippen molar-refractivity contribution in [1.82, 2.24) is 9.71 Å². The largest absolute Gasteiger partial charge is 0.496 e. The zero-order valence-corrected chi connectivity index (χ0v) is 14.5. The van der Waals surface area contributed by atoms with Gasteiger partial charge in [0.05, 0.1) is 19.2 Å². The third kappa shape index (κ3) is 2.65. The van der Waals surface area contributed by atoms with E-state index in [0.717, 1.165) is 27.6 Å². The molecular weight excluding hydrogens is 332 g/mol. The van der Waals surface area contributed by atoms with Crippen LogP contribution in [0.25, 0.3) is 21.8 Å². The maximum absolute atomic E-state index is 12.6. The smallest absolute Gasteiger partial charge is 0.379 e. The molecule has 0 aliphatic heterocycles. The summed E-state index contributed by atoms with van der Waals surface area (Å²) in [5.74, 6) is 0.975. The molecule has 6 heteroatoms. The molecule has 0 atom stereocenters. The Bertz CT molecular complexity index is 1090. The molecule has 4 aromatic rings. The summed E-state index contributed by atoms with van der Waals surface area (Å²) < 4.78 is 12.4. The van der Waals surface area contributed by atoms with E-state index in [1.165, 1.54) is 4.73 Å². The van der Waals surface area contributed by atoms with Crippen LogP contribution >= 0.6 is 0 Å². The zero-order valence-electron chi connectivity index (χ0n) is 14.5. The van der Waals surface area contributed by atoms with E-state index in [2.05, 4.69) is 4.98 Å². The van der Waals surface area contributed by atoms with Crippen molar-refractivity contribution < 1.29 is 19.1 Å². The second kappa shape index (κ2) is 6.48. The summed E-state index contributed by atoms with van der Waals surface area (Å²) in [6.45, 7) is 2.50. The van der Waals surface area contributed by atoms with Crippen LogP contribution in [0.15, 0.2) is 54.7 Å². The number of H-pyrrole nitrogens is 1. The van der Waals surface area contributed by atoms with Crippen molar-refractivity contribution in [3.8, 4) is 11.5 Å². The predicted molar refractivity (Wildman–Crippen MR) is 98.9 cm³/mol. The van der Waals surface area contributed by atoms with Crippen molar-refractivity contribution >= 4 is 27.8 Å². The number of rotatable bonds is 5. The summed E-state index contributed by atoms with van der Waals surface area (Å²) in [6, 6.07) is 14.8. The van der Waals surface area contributed by atoms with Crippen molar-refractivity contribution in [2.24, 2.45) is 0 Å². The summed E-state index contributed by atoms with van der Waals surface area (Å²) in [5.41, 5.74) is 1.93. The van der Waals surface area contributed by atoms with Gasteiger partial charge in [-0.15, -0.1) is 0 Å². The first-order valence-corrected chi connectivity index (χ1v) is 8.32.